The molecule has 0 aromatic heterocycles. The minimum atomic E-state index is -4.21. The number of rotatable bonds is 10. The lowest BCUT2D eigenvalue weighted by Crippen LogP contribution is -2.18. The molecule has 10 heteroatoms. The number of thioether (sulfide) groups is 1. The van der Waals surface area contributed by atoms with Gasteiger partial charge in [-0.05, 0) is 36.4 Å². The third-order valence-electron chi connectivity index (χ3n) is 5.42. The van der Waals surface area contributed by atoms with Crippen LogP contribution in [0.1, 0.15) is 24.0 Å². The van der Waals surface area contributed by atoms with Gasteiger partial charge in [-0.25, -0.2) is 4.57 Å². The van der Waals surface area contributed by atoms with E-state index in [1.54, 1.807) is 12.1 Å². The highest BCUT2D eigenvalue weighted by atomic mass is 35.5. The summed E-state index contributed by atoms with van der Waals surface area (Å²) < 4.78 is 30.9. The predicted octanol–water partition coefficient (Wildman–Crippen LogP) is 7.92. The molecule has 7 nitrogen and oxygen atoms in total. The van der Waals surface area contributed by atoms with Crippen LogP contribution in [-0.2, 0) is 18.1 Å². The molecule has 0 spiro atoms. The van der Waals surface area contributed by atoms with E-state index in [0.29, 0.717) is 10.1 Å². The van der Waals surface area contributed by atoms with Crippen molar-refractivity contribution in [2.24, 2.45) is 0 Å². The van der Waals surface area contributed by atoms with Gasteiger partial charge >= 0.3 is 7.82 Å². The standard InChI is InChI=1S/C27H23ClN3O4PS/c1-31-24-10-4-2-8-22(24)26(23-9-3-5-11-25(23)31)27(37-21-14-12-20(28)13-15-21)35-36(32,33-18-6-16-29)34-19-7-17-30/h2-5,8-15H,6-7,18-19H2,1H3. The maximum Gasteiger partial charge on any atom is 0.530 e. The predicted molar refractivity (Wildman–Crippen MR) is 145 cm³/mol. The van der Waals surface area contributed by atoms with Crippen LogP contribution in [0.3, 0.4) is 0 Å². The van der Waals surface area contributed by atoms with E-state index in [0.717, 1.165) is 33.0 Å². The zero-order valence-electron chi connectivity index (χ0n) is 20.0. The molecule has 3 aromatic rings. The summed E-state index contributed by atoms with van der Waals surface area (Å²) in [6, 6.07) is 26.8. The molecule has 0 unspecified atom stereocenters. The van der Waals surface area contributed by atoms with Crippen molar-refractivity contribution < 1.29 is 18.1 Å². The Morgan fingerprint density at radius 2 is 1.41 bits per heavy atom. The lowest BCUT2D eigenvalue weighted by atomic mass is 9.91. The second-order valence-corrected chi connectivity index (χ2v) is 10.9. The van der Waals surface area contributed by atoms with Crippen LogP contribution in [0.15, 0.2) is 82.8 Å². The average molecular weight is 552 g/mol. The highest BCUT2D eigenvalue weighted by molar-refractivity contribution is 8.03. The van der Waals surface area contributed by atoms with E-state index in [4.69, 9.17) is 35.7 Å². The lowest BCUT2D eigenvalue weighted by molar-refractivity contribution is 0.145. The largest absolute Gasteiger partial charge is 0.530 e. The Morgan fingerprint density at radius 3 is 1.92 bits per heavy atom. The topological polar surface area (TPSA) is 95.6 Å². The molecule has 37 heavy (non-hydrogen) atoms. The quantitative estimate of drug-likeness (QED) is 0.108. The number of benzene rings is 3. The molecule has 0 atom stereocenters. The van der Waals surface area contributed by atoms with E-state index in [9.17, 15) is 4.57 Å². The van der Waals surface area contributed by atoms with E-state index in [1.165, 1.54) is 11.8 Å². The summed E-state index contributed by atoms with van der Waals surface area (Å²) in [4.78, 5) is 2.88. The first-order valence-electron chi connectivity index (χ1n) is 11.4. The average Bonchev–Trinajstić information content (AvgIpc) is 2.90. The van der Waals surface area contributed by atoms with Gasteiger partial charge in [0.1, 0.15) is 0 Å². The highest BCUT2D eigenvalue weighted by Gasteiger charge is 2.34. The van der Waals surface area contributed by atoms with Crippen LogP contribution in [-0.4, -0.2) is 20.3 Å². The first-order chi connectivity index (χ1) is 18.0. The van der Waals surface area contributed by atoms with Crippen LogP contribution >= 0.6 is 31.2 Å². The molecular formula is C27H23ClN3O4PS. The number of hydrogen-bond donors (Lipinski definition) is 0. The number of anilines is 2. The molecule has 0 N–H and O–H groups in total. The van der Waals surface area contributed by atoms with Crippen molar-refractivity contribution in [1.82, 2.24) is 0 Å². The zero-order valence-corrected chi connectivity index (χ0v) is 22.4. The van der Waals surface area contributed by atoms with Gasteiger partial charge in [0, 0.05) is 45.0 Å². The lowest BCUT2D eigenvalue weighted by Gasteiger charge is -2.33. The number of nitrogens with zero attached hydrogens (tertiary/aromatic N) is 3. The van der Waals surface area contributed by atoms with Crippen molar-refractivity contribution >= 4 is 48.1 Å². The summed E-state index contributed by atoms with van der Waals surface area (Å²) in [7, 11) is -2.22. The third-order valence-corrected chi connectivity index (χ3v) is 8.18. The first-order valence-corrected chi connectivity index (χ1v) is 14.0. The first kappa shape index (κ1) is 26.8. The smallest absolute Gasteiger partial charge is 0.396 e. The third kappa shape index (κ3) is 6.37. The van der Waals surface area contributed by atoms with Gasteiger partial charge in [0.05, 0.1) is 38.2 Å². The fourth-order valence-electron chi connectivity index (χ4n) is 3.77. The molecule has 0 saturated carbocycles. The molecule has 4 rings (SSSR count). The molecule has 188 valence electrons. The fourth-order valence-corrected chi connectivity index (χ4v) is 6.23. The Balaban J connectivity index is 1.89. The molecule has 0 amide bonds. The molecular weight excluding hydrogens is 529 g/mol. The number of phosphoric acid groups is 1. The van der Waals surface area contributed by atoms with Gasteiger partial charge in [-0.15, -0.1) is 0 Å². The number of nitriles is 2. The molecule has 0 saturated heterocycles. The minimum Gasteiger partial charge on any atom is -0.396 e. The van der Waals surface area contributed by atoms with Gasteiger partial charge in [-0.1, -0.05) is 59.8 Å². The van der Waals surface area contributed by atoms with Crippen LogP contribution in [0.25, 0.3) is 5.57 Å². The van der Waals surface area contributed by atoms with Gasteiger partial charge in [0.25, 0.3) is 0 Å². The van der Waals surface area contributed by atoms with Crippen LogP contribution in [0.2, 0.25) is 5.02 Å². The van der Waals surface area contributed by atoms with Crippen molar-refractivity contribution in [2.45, 2.75) is 17.7 Å². The SMILES string of the molecule is CN1c2ccccc2C(=C(OP(=O)(OCCC#N)OCCC#N)Sc2ccc(Cl)cc2)c2ccccc21. The van der Waals surface area contributed by atoms with Crippen LogP contribution in [0.4, 0.5) is 11.4 Å². The maximum atomic E-state index is 13.8. The van der Waals surface area contributed by atoms with Crippen LogP contribution in [0.5, 0.6) is 0 Å². The van der Waals surface area contributed by atoms with Gasteiger partial charge in [0.15, 0.2) is 5.09 Å². The van der Waals surface area contributed by atoms with Crippen LogP contribution < -0.4 is 4.90 Å². The van der Waals surface area contributed by atoms with Gasteiger partial charge < -0.3 is 9.42 Å². The van der Waals surface area contributed by atoms with E-state index < -0.39 is 7.82 Å². The van der Waals surface area contributed by atoms with Crippen molar-refractivity contribution in [2.75, 3.05) is 25.2 Å². The number of hydrogen-bond acceptors (Lipinski definition) is 8. The normalized spacial score (nSPS) is 12.2. The molecule has 0 fully saturated rings. The van der Waals surface area contributed by atoms with Crippen molar-refractivity contribution in [3.63, 3.8) is 0 Å². The van der Waals surface area contributed by atoms with Crippen molar-refractivity contribution in [1.29, 1.82) is 10.5 Å². The second kappa shape index (κ2) is 12.3. The Hall–Kier alpha value is -3.23. The second-order valence-electron chi connectivity index (χ2n) is 7.83. The number of phosphoric ester groups is 1. The van der Waals surface area contributed by atoms with E-state index in [2.05, 4.69) is 4.90 Å². The minimum absolute atomic E-state index is 0.00164. The Labute approximate surface area is 225 Å². The molecule has 3 aromatic carbocycles. The summed E-state index contributed by atoms with van der Waals surface area (Å²) >= 11 is 7.36. The molecule has 0 bridgehead atoms. The van der Waals surface area contributed by atoms with Crippen LogP contribution in [0, 0.1) is 22.7 Å². The van der Waals surface area contributed by atoms with E-state index >= 15 is 0 Å². The van der Waals surface area contributed by atoms with E-state index in [1.807, 2.05) is 79.8 Å². The Bertz CT molecular complexity index is 1360. The summed E-state index contributed by atoms with van der Waals surface area (Å²) in [5.74, 6) is 0. The molecule has 1 heterocycles. The summed E-state index contributed by atoms with van der Waals surface area (Å²) in [5.41, 5.74) is 4.36. The number of para-hydroxylation sites is 2. The Kier molecular flexibility index (Phi) is 8.95. The zero-order chi connectivity index (χ0) is 26.3. The maximum absolute atomic E-state index is 13.8. The van der Waals surface area contributed by atoms with Gasteiger partial charge in [0.2, 0.25) is 0 Å². The fraction of sp³-hybridized carbons (Fsp3) is 0.185. The highest BCUT2D eigenvalue weighted by Crippen LogP contribution is 2.57. The van der Waals surface area contributed by atoms with Crippen molar-refractivity contribution in [3.8, 4) is 12.1 Å². The monoisotopic (exact) mass is 551 g/mol. The molecule has 0 aliphatic carbocycles. The Morgan fingerprint density at radius 1 is 0.892 bits per heavy atom. The molecule has 1 aliphatic heterocycles. The summed E-state index contributed by atoms with van der Waals surface area (Å²) in [6.07, 6.45) is 0.00328. The summed E-state index contributed by atoms with van der Waals surface area (Å²) in [5, 5.41) is 18.8. The van der Waals surface area contributed by atoms with Gasteiger partial charge in [-0.3, -0.25) is 9.05 Å². The number of fused-ring (bicyclic) bond motifs is 2. The number of halogens is 1. The van der Waals surface area contributed by atoms with Crippen molar-refractivity contribution in [3.05, 3.63) is 94.0 Å². The molecule has 0 radical (unpaired) electrons. The van der Waals surface area contributed by atoms with E-state index in [-0.39, 0.29) is 26.1 Å². The molecule has 1 aliphatic rings. The van der Waals surface area contributed by atoms with Gasteiger partial charge in [-0.2, -0.15) is 10.5 Å². The summed E-state index contributed by atoms with van der Waals surface area (Å²) in [6.45, 7) is -0.297.